The quantitative estimate of drug-likeness (QED) is 0.115. The van der Waals surface area contributed by atoms with E-state index in [0.717, 1.165) is 22.0 Å². The van der Waals surface area contributed by atoms with E-state index in [1.807, 2.05) is 30.3 Å². The van der Waals surface area contributed by atoms with E-state index in [0.29, 0.717) is 15.8 Å². The van der Waals surface area contributed by atoms with Crippen LogP contribution in [0.4, 0.5) is 22.0 Å². The molecule has 47 heavy (non-hydrogen) atoms. The van der Waals surface area contributed by atoms with Gasteiger partial charge in [-0.2, -0.15) is 22.0 Å². The summed E-state index contributed by atoms with van der Waals surface area (Å²) in [5.41, 5.74) is 16.0. The van der Waals surface area contributed by atoms with Crippen LogP contribution in [-0.4, -0.2) is 49.5 Å². The first kappa shape index (κ1) is 38.2. The summed E-state index contributed by atoms with van der Waals surface area (Å²) >= 11 is 12.5. The smallest absolute Gasteiger partial charge is 0.405 e. The second kappa shape index (κ2) is 16.2. The molecule has 3 aromatic carbocycles. The fourth-order valence-electron chi connectivity index (χ4n) is 5.73. The van der Waals surface area contributed by atoms with Crippen LogP contribution in [-0.2, 0) is 16.0 Å². The summed E-state index contributed by atoms with van der Waals surface area (Å²) in [4.78, 5) is 25.5. The molecule has 3 rings (SSSR count). The second-order valence-corrected chi connectivity index (χ2v) is 12.7. The lowest BCUT2D eigenvalue weighted by atomic mass is 9.71. The first-order chi connectivity index (χ1) is 22.0. The van der Waals surface area contributed by atoms with Crippen molar-refractivity contribution in [2.45, 2.75) is 56.8 Å². The zero-order chi connectivity index (χ0) is 35.1. The lowest BCUT2D eigenvalue weighted by Gasteiger charge is -2.38. The Morgan fingerprint density at radius 3 is 2.02 bits per heavy atom. The van der Waals surface area contributed by atoms with Crippen LogP contribution in [0.2, 0.25) is 10.0 Å². The molecule has 0 radical (unpaired) electrons. The Morgan fingerprint density at radius 2 is 1.49 bits per heavy atom. The number of halogens is 7. The average Bonchev–Trinajstić information content (AvgIpc) is 3.02. The third-order valence-electron chi connectivity index (χ3n) is 8.21. The lowest BCUT2D eigenvalue weighted by molar-refractivity contribution is -0.167. The van der Waals surface area contributed by atoms with Crippen molar-refractivity contribution in [2.75, 3.05) is 13.7 Å². The van der Waals surface area contributed by atoms with Crippen LogP contribution in [0.25, 0.3) is 0 Å². The summed E-state index contributed by atoms with van der Waals surface area (Å²) < 4.78 is 73.6. The molecule has 0 bridgehead atoms. The molecule has 256 valence electrons. The van der Waals surface area contributed by atoms with E-state index in [1.54, 1.807) is 42.5 Å². The van der Waals surface area contributed by atoms with E-state index in [9.17, 15) is 22.8 Å². The Balaban J connectivity index is 2.04. The summed E-state index contributed by atoms with van der Waals surface area (Å²) in [6.45, 7) is 0.933. The number of benzene rings is 3. The highest BCUT2D eigenvalue weighted by Crippen LogP contribution is 2.37. The fraction of sp³-hybridized carbons (Fsp3) is 0.412. The number of methoxy groups -OCH3 is 1. The maximum absolute atomic E-state index is 15.2. The van der Waals surface area contributed by atoms with Crippen molar-refractivity contribution in [1.82, 2.24) is 5.32 Å². The highest BCUT2D eigenvalue weighted by atomic mass is 35.5. The van der Waals surface area contributed by atoms with Gasteiger partial charge in [0.25, 0.3) is 5.91 Å². The summed E-state index contributed by atoms with van der Waals surface area (Å²) in [6, 6.07) is 19.3. The van der Waals surface area contributed by atoms with Gasteiger partial charge < -0.3 is 21.5 Å². The molecule has 1 amide bonds. The number of Topliss-reactive ketones (excluding diaryl/α,β-unsaturated/α-hetero) is 1. The minimum Gasteiger partial charge on any atom is -0.497 e. The molecule has 0 heterocycles. The highest BCUT2D eigenvalue weighted by molar-refractivity contribution is 6.42. The minimum atomic E-state index is -4.96. The molecule has 5 N–H and O–H groups in total. The van der Waals surface area contributed by atoms with Crippen LogP contribution in [0.5, 0.6) is 5.75 Å². The molecule has 13 heteroatoms. The zero-order valence-electron chi connectivity index (χ0n) is 26.0. The van der Waals surface area contributed by atoms with Crippen molar-refractivity contribution in [2.24, 2.45) is 29.2 Å². The van der Waals surface area contributed by atoms with Gasteiger partial charge >= 0.3 is 12.1 Å². The van der Waals surface area contributed by atoms with Gasteiger partial charge in [0.15, 0.2) is 0 Å². The maximum atomic E-state index is 15.2. The molecule has 0 aliphatic rings. The van der Waals surface area contributed by atoms with Gasteiger partial charge in [0.1, 0.15) is 12.3 Å². The number of nitrogens with one attached hydrogen (secondary N) is 1. The van der Waals surface area contributed by atoms with Gasteiger partial charge in [-0.25, -0.2) is 0 Å². The SMILES string of the molecule is COc1ccc(C[C@@H](C(N)CC(c2ccccc2)c2ccc(Cl)c(Cl)c2)C(N)[C@@H](C(=O)C(F)(F)C(=O)NCC(F)(F)F)C(C)C)cc1. The molecule has 0 saturated carbocycles. The first-order valence-corrected chi connectivity index (χ1v) is 15.6. The van der Waals surface area contributed by atoms with E-state index in [-0.39, 0.29) is 18.8 Å². The van der Waals surface area contributed by atoms with Crippen molar-refractivity contribution in [3.05, 3.63) is 99.5 Å². The van der Waals surface area contributed by atoms with Gasteiger partial charge in [0.2, 0.25) is 5.78 Å². The molecule has 3 unspecified atom stereocenters. The highest BCUT2D eigenvalue weighted by Gasteiger charge is 2.53. The Kier molecular flexibility index (Phi) is 13.2. The van der Waals surface area contributed by atoms with Crippen LogP contribution in [0.1, 0.15) is 42.9 Å². The van der Waals surface area contributed by atoms with E-state index in [4.69, 9.17) is 39.4 Å². The summed E-state index contributed by atoms with van der Waals surface area (Å²) in [5.74, 6) is -12.1. The number of hydrogen-bond donors (Lipinski definition) is 3. The zero-order valence-corrected chi connectivity index (χ0v) is 27.6. The van der Waals surface area contributed by atoms with Gasteiger partial charge in [0.05, 0.1) is 17.2 Å². The number of ketones is 1. The number of ether oxygens (including phenoxy) is 1. The molecule has 0 saturated heterocycles. The first-order valence-electron chi connectivity index (χ1n) is 14.9. The van der Waals surface area contributed by atoms with Crippen molar-refractivity contribution in [3.63, 3.8) is 0 Å². The van der Waals surface area contributed by atoms with Gasteiger partial charge in [0, 0.05) is 23.9 Å². The van der Waals surface area contributed by atoms with Crippen LogP contribution in [0, 0.1) is 17.8 Å². The average molecular weight is 703 g/mol. The monoisotopic (exact) mass is 701 g/mol. The van der Waals surface area contributed by atoms with Crippen LogP contribution in [0.15, 0.2) is 72.8 Å². The molecule has 0 fully saturated rings. The number of nitrogens with two attached hydrogens (primary N) is 2. The van der Waals surface area contributed by atoms with Crippen molar-refractivity contribution in [1.29, 1.82) is 0 Å². The van der Waals surface area contributed by atoms with Crippen molar-refractivity contribution in [3.8, 4) is 5.75 Å². The lowest BCUT2D eigenvalue weighted by Crippen LogP contribution is -2.57. The third-order valence-corrected chi connectivity index (χ3v) is 8.95. The predicted molar refractivity (Wildman–Crippen MR) is 173 cm³/mol. The largest absolute Gasteiger partial charge is 0.497 e. The molecule has 0 aliphatic heterocycles. The number of hydrogen-bond acceptors (Lipinski definition) is 5. The number of rotatable bonds is 15. The van der Waals surface area contributed by atoms with E-state index in [2.05, 4.69) is 0 Å². The van der Waals surface area contributed by atoms with Crippen LogP contribution >= 0.6 is 23.2 Å². The van der Waals surface area contributed by atoms with Gasteiger partial charge in [-0.05, 0) is 65.6 Å². The van der Waals surface area contributed by atoms with Crippen LogP contribution in [0.3, 0.4) is 0 Å². The Morgan fingerprint density at radius 1 is 0.872 bits per heavy atom. The third kappa shape index (κ3) is 10.1. The molecule has 5 atom stereocenters. The van der Waals surface area contributed by atoms with Crippen LogP contribution < -0.4 is 21.5 Å². The standard InChI is InChI=1S/C34H38Cl2F5N3O3/c1-19(2)29(31(45)34(40,41)32(46)44-18-33(37,38)39)30(43)25(15-20-9-12-23(47-3)13-10-20)28(42)17-24(21-7-5-4-6-8-21)22-11-14-26(35)27(36)16-22/h4-14,16,19,24-25,28-30H,15,17-18,42-43H2,1-3H3,(H,44,46)/t24?,25-,28?,29-,30?/m0/s1. The van der Waals surface area contributed by atoms with Gasteiger partial charge in [-0.1, -0.05) is 85.6 Å². The molecule has 0 spiro atoms. The van der Waals surface area contributed by atoms with E-state index >= 15 is 8.78 Å². The van der Waals surface area contributed by atoms with E-state index in [1.165, 1.54) is 21.0 Å². The van der Waals surface area contributed by atoms with Gasteiger partial charge in [-0.3, -0.25) is 9.59 Å². The fourth-order valence-corrected chi connectivity index (χ4v) is 6.04. The number of alkyl halides is 5. The van der Waals surface area contributed by atoms with Gasteiger partial charge in [-0.15, -0.1) is 0 Å². The number of carbonyl (C=O) groups excluding carboxylic acids is 2. The molecule has 6 nitrogen and oxygen atoms in total. The Labute approximate surface area is 280 Å². The van der Waals surface area contributed by atoms with E-state index < -0.39 is 60.2 Å². The summed E-state index contributed by atoms with van der Waals surface area (Å²) in [6.07, 6.45) is -4.57. The molecule has 0 aromatic heterocycles. The Bertz CT molecular complexity index is 1490. The normalized spacial score (nSPS) is 15.4. The molecule has 0 aliphatic carbocycles. The maximum Gasteiger partial charge on any atom is 0.405 e. The summed E-state index contributed by atoms with van der Waals surface area (Å²) in [5, 5.41) is 1.79. The molecule has 3 aromatic rings. The predicted octanol–water partition coefficient (Wildman–Crippen LogP) is 7.19. The number of amides is 1. The minimum absolute atomic E-state index is 0.150. The second-order valence-electron chi connectivity index (χ2n) is 11.8. The molecular weight excluding hydrogens is 664 g/mol. The molecular formula is C34H38Cl2F5N3O3. The topological polar surface area (TPSA) is 107 Å². The summed E-state index contributed by atoms with van der Waals surface area (Å²) in [7, 11) is 1.50. The van der Waals surface area contributed by atoms with Crippen molar-refractivity contribution < 1.29 is 36.3 Å². The van der Waals surface area contributed by atoms with Crippen molar-refractivity contribution >= 4 is 34.9 Å². The number of carbonyl (C=O) groups is 2. The Hall–Kier alpha value is -3.25.